The molecule has 1 aliphatic carbocycles. The van der Waals surface area contributed by atoms with E-state index >= 15 is 0 Å². The quantitative estimate of drug-likeness (QED) is 0.288. The molecule has 3 rings (SSSR count). The Hall–Kier alpha value is -2.86. The smallest absolute Gasteiger partial charge is 0.417 e. The number of alkyl halides is 3. The summed E-state index contributed by atoms with van der Waals surface area (Å²) in [5, 5.41) is 11.9. The zero-order valence-corrected chi connectivity index (χ0v) is 25.9. The standard InChI is InChI=1S/C30H42F3N3O5S/c1-19-22(27(39)34-18-29(5,6)16-26(37)38)15-24(36(19)17-20-10-8-7-9-11-20)21-12-13-25(23(14-21)30(31,32)33)42(40,41)35-28(2,3)4/h12-15,20,35H,7-11,16-18H2,1-6H3,(H,34,39)(H,37,38). The molecule has 0 atom stereocenters. The van der Waals surface area contributed by atoms with Gasteiger partial charge in [-0.1, -0.05) is 39.2 Å². The maximum absolute atomic E-state index is 14.3. The van der Waals surface area contributed by atoms with Gasteiger partial charge in [-0.3, -0.25) is 9.59 Å². The number of carbonyl (C=O) groups excluding carboxylic acids is 1. The summed E-state index contributed by atoms with van der Waals surface area (Å²) in [4.78, 5) is 23.6. The first-order chi connectivity index (χ1) is 19.2. The van der Waals surface area contributed by atoms with E-state index in [0.717, 1.165) is 44.2 Å². The van der Waals surface area contributed by atoms with E-state index in [9.17, 15) is 31.2 Å². The average Bonchev–Trinajstić information content (AvgIpc) is 3.16. The molecule has 1 aliphatic rings. The molecule has 0 saturated heterocycles. The lowest BCUT2D eigenvalue weighted by molar-refractivity contribution is -0.140. The molecule has 12 heteroatoms. The van der Waals surface area contributed by atoms with Crippen LogP contribution in [0.5, 0.6) is 0 Å². The van der Waals surface area contributed by atoms with Crippen LogP contribution >= 0.6 is 0 Å². The monoisotopic (exact) mass is 613 g/mol. The van der Waals surface area contributed by atoms with E-state index in [0.29, 0.717) is 17.9 Å². The summed E-state index contributed by atoms with van der Waals surface area (Å²) in [6.07, 6.45) is 0.0529. The summed E-state index contributed by atoms with van der Waals surface area (Å²) in [5.41, 5.74) is -1.63. The predicted molar refractivity (Wildman–Crippen MR) is 155 cm³/mol. The number of hydrogen-bond acceptors (Lipinski definition) is 4. The lowest BCUT2D eigenvalue weighted by Gasteiger charge is -2.25. The molecule has 1 aromatic heterocycles. The van der Waals surface area contributed by atoms with Gasteiger partial charge in [0.25, 0.3) is 5.91 Å². The second-order valence-electron chi connectivity index (χ2n) is 13.1. The number of aromatic nitrogens is 1. The molecule has 0 aliphatic heterocycles. The van der Waals surface area contributed by atoms with Crippen molar-refractivity contribution in [1.82, 2.24) is 14.6 Å². The second kappa shape index (κ2) is 12.4. The van der Waals surface area contributed by atoms with Crippen molar-refractivity contribution in [3.8, 4) is 11.3 Å². The minimum atomic E-state index is -4.95. The van der Waals surface area contributed by atoms with Crippen molar-refractivity contribution in [1.29, 1.82) is 0 Å². The number of sulfonamides is 1. The van der Waals surface area contributed by atoms with Crippen molar-refractivity contribution in [3.63, 3.8) is 0 Å². The number of rotatable bonds is 10. The molecule has 8 nitrogen and oxygen atoms in total. The van der Waals surface area contributed by atoms with Gasteiger partial charge in [-0.05, 0) is 75.6 Å². The maximum atomic E-state index is 14.3. The molecule has 0 bridgehead atoms. The number of nitrogens with one attached hydrogen (secondary N) is 2. The summed E-state index contributed by atoms with van der Waals surface area (Å²) in [6.45, 7) is 10.4. The normalized spacial score (nSPS) is 15.5. The summed E-state index contributed by atoms with van der Waals surface area (Å²) >= 11 is 0. The van der Waals surface area contributed by atoms with Crippen molar-refractivity contribution >= 4 is 21.9 Å². The first-order valence-electron chi connectivity index (χ1n) is 14.2. The van der Waals surface area contributed by atoms with Gasteiger partial charge >= 0.3 is 12.1 Å². The summed E-state index contributed by atoms with van der Waals surface area (Å²) in [5.74, 6) is -1.17. The van der Waals surface area contributed by atoms with Crippen LogP contribution in [0.4, 0.5) is 13.2 Å². The number of nitrogens with zero attached hydrogens (tertiary/aromatic N) is 1. The SMILES string of the molecule is Cc1c(C(=O)NCC(C)(C)CC(=O)O)cc(-c2ccc(S(=O)(=O)NC(C)(C)C)c(C(F)(F)F)c2)n1CC1CCCCC1. The Morgan fingerprint density at radius 1 is 1.02 bits per heavy atom. The fourth-order valence-corrected chi connectivity index (χ4v) is 7.09. The molecular formula is C30H42F3N3O5S. The zero-order chi connectivity index (χ0) is 31.7. The van der Waals surface area contributed by atoms with E-state index in [1.807, 2.05) is 4.57 Å². The number of carboxylic acids is 1. The number of benzene rings is 1. The van der Waals surface area contributed by atoms with Crippen LogP contribution in [-0.2, 0) is 27.5 Å². The Morgan fingerprint density at radius 3 is 2.19 bits per heavy atom. The van der Waals surface area contributed by atoms with Gasteiger partial charge in [-0.25, -0.2) is 13.1 Å². The number of carbonyl (C=O) groups is 2. The predicted octanol–water partition coefficient (Wildman–Crippen LogP) is 6.37. The summed E-state index contributed by atoms with van der Waals surface area (Å²) in [7, 11) is -4.49. The highest BCUT2D eigenvalue weighted by atomic mass is 32.2. The van der Waals surface area contributed by atoms with Crippen LogP contribution in [-0.4, -0.2) is 42.1 Å². The molecule has 2 aromatic rings. The van der Waals surface area contributed by atoms with Crippen LogP contribution in [0, 0.1) is 18.3 Å². The highest BCUT2D eigenvalue weighted by molar-refractivity contribution is 7.89. The van der Waals surface area contributed by atoms with Crippen molar-refractivity contribution in [2.45, 2.75) is 103 Å². The minimum absolute atomic E-state index is 0.0896. The van der Waals surface area contributed by atoms with Crippen LogP contribution < -0.4 is 10.0 Å². The Balaban J connectivity index is 2.11. The van der Waals surface area contributed by atoms with Crippen LogP contribution in [0.3, 0.4) is 0 Å². The van der Waals surface area contributed by atoms with Gasteiger partial charge in [-0.15, -0.1) is 0 Å². The number of amides is 1. The Morgan fingerprint density at radius 2 is 1.64 bits per heavy atom. The summed E-state index contributed by atoms with van der Waals surface area (Å²) in [6, 6.07) is 4.68. The molecule has 1 amide bonds. The lowest BCUT2D eigenvalue weighted by Crippen LogP contribution is -2.41. The molecule has 1 fully saturated rings. The Labute approximate surface area is 246 Å². The summed E-state index contributed by atoms with van der Waals surface area (Å²) < 4.78 is 72.9. The molecule has 0 spiro atoms. The zero-order valence-electron chi connectivity index (χ0n) is 25.1. The third-order valence-electron chi connectivity index (χ3n) is 7.44. The molecule has 42 heavy (non-hydrogen) atoms. The average molecular weight is 614 g/mol. The number of aliphatic carboxylic acids is 1. The van der Waals surface area contributed by atoms with Crippen LogP contribution in [0.15, 0.2) is 29.2 Å². The van der Waals surface area contributed by atoms with Gasteiger partial charge < -0.3 is 15.0 Å². The maximum Gasteiger partial charge on any atom is 0.417 e. The van der Waals surface area contributed by atoms with Crippen molar-refractivity contribution in [2.75, 3.05) is 6.54 Å². The molecule has 1 saturated carbocycles. The molecule has 3 N–H and O–H groups in total. The van der Waals surface area contributed by atoms with E-state index in [1.165, 1.54) is 12.1 Å². The molecular weight excluding hydrogens is 571 g/mol. The van der Waals surface area contributed by atoms with Gasteiger partial charge in [0.2, 0.25) is 10.0 Å². The lowest BCUT2D eigenvalue weighted by atomic mass is 9.89. The second-order valence-corrected chi connectivity index (χ2v) is 14.8. The molecule has 0 unspecified atom stereocenters. The third-order valence-corrected chi connectivity index (χ3v) is 9.26. The molecule has 234 valence electrons. The highest BCUT2D eigenvalue weighted by Crippen LogP contribution is 2.39. The Kier molecular flexibility index (Phi) is 9.93. The fraction of sp³-hybridized carbons (Fsp3) is 0.600. The van der Waals surface area contributed by atoms with Crippen molar-refractivity contribution in [3.05, 3.63) is 41.1 Å². The molecule has 1 aromatic carbocycles. The van der Waals surface area contributed by atoms with Crippen molar-refractivity contribution in [2.24, 2.45) is 11.3 Å². The van der Waals surface area contributed by atoms with Gasteiger partial charge in [0.15, 0.2) is 0 Å². The van der Waals surface area contributed by atoms with Gasteiger partial charge in [-0.2, -0.15) is 13.2 Å². The van der Waals surface area contributed by atoms with E-state index in [4.69, 9.17) is 5.11 Å². The minimum Gasteiger partial charge on any atom is -0.481 e. The first kappa shape index (κ1) is 33.6. The van der Waals surface area contributed by atoms with E-state index in [2.05, 4.69) is 10.0 Å². The fourth-order valence-electron chi connectivity index (χ4n) is 5.47. The van der Waals surface area contributed by atoms with E-state index in [-0.39, 0.29) is 30.0 Å². The molecule has 0 radical (unpaired) electrons. The third kappa shape index (κ3) is 8.59. The largest absolute Gasteiger partial charge is 0.481 e. The topological polar surface area (TPSA) is 118 Å². The van der Waals surface area contributed by atoms with E-state index in [1.54, 1.807) is 41.5 Å². The van der Waals surface area contributed by atoms with Crippen LogP contribution in [0.2, 0.25) is 0 Å². The van der Waals surface area contributed by atoms with Gasteiger partial charge in [0, 0.05) is 30.0 Å². The van der Waals surface area contributed by atoms with Crippen LogP contribution in [0.1, 0.15) is 94.8 Å². The van der Waals surface area contributed by atoms with E-state index < -0.39 is 49.5 Å². The first-order valence-corrected chi connectivity index (χ1v) is 15.6. The number of carboxylic acid groups (broad SMARTS) is 1. The van der Waals surface area contributed by atoms with Crippen LogP contribution in [0.25, 0.3) is 11.3 Å². The Bertz CT molecular complexity index is 1420. The number of halogens is 3. The van der Waals surface area contributed by atoms with Gasteiger partial charge in [0.05, 0.1) is 22.4 Å². The number of hydrogen-bond donors (Lipinski definition) is 3. The van der Waals surface area contributed by atoms with Crippen molar-refractivity contribution < 1.29 is 36.3 Å². The highest BCUT2D eigenvalue weighted by Gasteiger charge is 2.39. The van der Waals surface area contributed by atoms with Gasteiger partial charge in [0.1, 0.15) is 0 Å². The molecule has 1 heterocycles.